The highest BCUT2D eigenvalue weighted by atomic mass is 19.4. The summed E-state index contributed by atoms with van der Waals surface area (Å²) in [5, 5.41) is 13.4. The van der Waals surface area contributed by atoms with Gasteiger partial charge in [-0.1, -0.05) is 18.1 Å². The molecule has 2 aromatic rings. The van der Waals surface area contributed by atoms with Gasteiger partial charge in [-0.15, -0.1) is 0 Å². The van der Waals surface area contributed by atoms with Crippen molar-refractivity contribution in [2.75, 3.05) is 25.5 Å². The van der Waals surface area contributed by atoms with Gasteiger partial charge in [0.15, 0.2) is 0 Å². The summed E-state index contributed by atoms with van der Waals surface area (Å²) in [5.74, 6) is 5.69. The number of piperidine rings is 1. The second-order valence-electron chi connectivity index (χ2n) is 10.3. The normalized spacial score (nSPS) is 16.1. The number of halogens is 3. The minimum Gasteiger partial charge on any atom is -0.390 e. The summed E-state index contributed by atoms with van der Waals surface area (Å²) < 4.78 is 39.9. The Morgan fingerprint density at radius 2 is 1.85 bits per heavy atom. The van der Waals surface area contributed by atoms with E-state index >= 15 is 0 Å². The number of nitrogens with one attached hydrogen (secondary N) is 2. The van der Waals surface area contributed by atoms with Crippen LogP contribution in [0.15, 0.2) is 52.8 Å². The van der Waals surface area contributed by atoms with Crippen LogP contribution >= 0.6 is 0 Å². The molecular formula is C30H37F3N7O+. The minimum atomic E-state index is -4.56. The van der Waals surface area contributed by atoms with Gasteiger partial charge in [0.1, 0.15) is 5.71 Å². The number of carbonyl (C=O) groups excluding carboxylic acids is 1. The molecule has 1 aliphatic rings. The quantitative estimate of drug-likeness (QED) is 0.199. The Morgan fingerprint density at radius 1 is 1.20 bits per heavy atom. The van der Waals surface area contributed by atoms with Crippen LogP contribution in [0.4, 0.5) is 18.9 Å². The first-order chi connectivity index (χ1) is 19.3. The molecule has 0 bridgehead atoms. The van der Waals surface area contributed by atoms with Crippen molar-refractivity contribution < 1.29 is 23.3 Å². The van der Waals surface area contributed by atoms with Crippen LogP contribution in [0.2, 0.25) is 0 Å². The molecule has 8 N–H and O–H groups in total. The SMILES string of the molecule is Cc1ccc(NC(=O)c2ccc(C)c(C(F)(F)F)c2)cc1C#CC(=N)/C(=C(/N=C\N)[NH2+]C1CCN(C)CC1)C(C)N. The zero-order chi connectivity index (χ0) is 30.3. The van der Waals surface area contributed by atoms with Gasteiger partial charge in [-0.2, -0.15) is 18.2 Å². The monoisotopic (exact) mass is 568 g/mol. The van der Waals surface area contributed by atoms with E-state index in [2.05, 4.69) is 34.1 Å². The summed E-state index contributed by atoms with van der Waals surface area (Å²) in [6, 6.07) is 8.20. The van der Waals surface area contributed by atoms with E-state index in [4.69, 9.17) is 16.9 Å². The molecule has 0 aromatic heterocycles. The fourth-order valence-electron chi connectivity index (χ4n) is 4.59. The van der Waals surface area contributed by atoms with Crippen molar-refractivity contribution >= 4 is 23.6 Å². The number of anilines is 1. The lowest BCUT2D eigenvalue weighted by atomic mass is 10.0. The molecule has 0 saturated carbocycles. The number of nitrogens with zero attached hydrogens (tertiary/aromatic N) is 2. The van der Waals surface area contributed by atoms with E-state index in [-0.39, 0.29) is 22.9 Å². The first kappa shape index (κ1) is 31.5. The molecule has 1 amide bonds. The lowest BCUT2D eigenvalue weighted by Gasteiger charge is -2.27. The molecule has 1 aliphatic heterocycles. The summed E-state index contributed by atoms with van der Waals surface area (Å²) in [5.41, 5.74) is 13.1. The molecule has 1 fully saturated rings. The topological polar surface area (TPSA) is 137 Å². The number of quaternary nitrogens is 1. The molecule has 0 spiro atoms. The van der Waals surface area contributed by atoms with Crippen LogP contribution in [-0.4, -0.2) is 55.1 Å². The van der Waals surface area contributed by atoms with Gasteiger partial charge in [0.05, 0.1) is 23.5 Å². The highest BCUT2D eigenvalue weighted by Crippen LogP contribution is 2.32. The van der Waals surface area contributed by atoms with E-state index in [1.54, 1.807) is 25.1 Å². The molecule has 41 heavy (non-hydrogen) atoms. The van der Waals surface area contributed by atoms with Crippen molar-refractivity contribution in [3.8, 4) is 11.8 Å². The predicted molar refractivity (Wildman–Crippen MR) is 156 cm³/mol. The Hall–Kier alpha value is -3.98. The molecule has 1 unspecified atom stereocenters. The van der Waals surface area contributed by atoms with Crippen molar-refractivity contribution in [2.45, 2.75) is 51.9 Å². The zero-order valence-corrected chi connectivity index (χ0v) is 23.7. The summed E-state index contributed by atoms with van der Waals surface area (Å²) in [7, 11) is 2.08. The summed E-state index contributed by atoms with van der Waals surface area (Å²) >= 11 is 0. The Bertz CT molecular complexity index is 1410. The average Bonchev–Trinajstić information content (AvgIpc) is 2.89. The van der Waals surface area contributed by atoms with Gasteiger partial charge in [0.25, 0.3) is 5.91 Å². The second-order valence-corrected chi connectivity index (χ2v) is 10.3. The van der Waals surface area contributed by atoms with Crippen LogP contribution in [0.25, 0.3) is 0 Å². The smallest absolute Gasteiger partial charge is 0.390 e. The fraction of sp³-hybridized carbons (Fsp3) is 0.367. The number of benzene rings is 2. The Morgan fingerprint density at radius 3 is 2.46 bits per heavy atom. The van der Waals surface area contributed by atoms with Gasteiger partial charge >= 0.3 is 6.18 Å². The van der Waals surface area contributed by atoms with Crippen LogP contribution in [-0.2, 0) is 6.18 Å². The lowest BCUT2D eigenvalue weighted by molar-refractivity contribution is -0.648. The lowest BCUT2D eigenvalue weighted by Crippen LogP contribution is -2.89. The number of carbonyl (C=O) groups is 1. The van der Waals surface area contributed by atoms with Gasteiger partial charge in [0, 0.05) is 48.8 Å². The molecule has 1 saturated heterocycles. The van der Waals surface area contributed by atoms with Crippen molar-refractivity contribution in [1.82, 2.24) is 4.90 Å². The molecule has 218 valence electrons. The molecule has 1 heterocycles. The molecule has 0 aliphatic carbocycles. The van der Waals surface area contributed by atoms with Crippen LogP contribution in [0.1, 0.15) is 52.4 Å². The van der Waals surface area contributed by atoms with Gasteiger partial charge in [-0.05, 0) is 69.1 Å². The number of hydrogen-bond acceptors (Lipinski definition) is 5. The standard InChI is InChI=1S/C30H36F3N7O/c1-18-6-9-24(39-29(41)22-7-5-19(2)25(16-22)30(31,32)33)15-21(18)8-10-26(36)27(20(3)35)28(37-17-34)38-23-11-13-40(4)14-12-23/h5-7,9,15-17,20,23,36,38H,11-14,35H2,1-4H3,(H2,34,37)(H,39,41)/p+1/b28-27-,36-26?. The van der Waals surface area contributed by atoms with Crippen LogP contribution < -0.4 is 22.1 Å². The molecule has 1 atom stereocenters. The van der Waals surface area contributed by atoms with Gasteiger partial charge < -0.3 is 21.7 Å². The maximum Gasteiger partial charge on any atom is 0.416 e. The zero-order valence-electron chi connectivity index (χ0n) is 23.7. The van der Waals surface area contributed by atoms with E-state index in [1.165, 1.54) is 25.4 Å². The Balaban J connectivity index is 1.85. The van der Waals surface area contributed by atoms with Crippen LogP contribution in [0, 0.1) is 31.1 Å². The highest BCUT2D eigenvalue weighted by molar-refractivity contribution is 6.12. The largest absolute Gasteiger partial charge is 0.416 e. The summed E-state index contributed by atoms with van der Waals surface area (Å²) in [6.45, 7) is 6.86. The first-order valence-corrected chi connectivity index (χ1v) is 13.3. The molecular weight excluding hydrogens is 531 g/mol. The van der Waals surface area contributed by atoms with Crippen molar-refractivity contribution in [1.29, 1.82) is 5.41 Å². The number of likely N-dealkylation sites (tertiary alicyclic amines) is 1. The number of nitrogens with two attached hydrogens (primary N) is 3. The maximum atomic E-state index is 13.3. The minimum absolute atomic E-state index is 0.00190. The summed E-state index contributed by atoms with van der Waals surface area (Å²) in [4.78, 5) is 19.3. The average molecular weight is 569 g/mol. The van der Waals surface area contributed by atoms with E-state index < -0.39 is 23.7 Å². The number of aryl methyl sites for hydroxylation is 2. The molecule has 2 aromatic carbocycles. The first-order valence-electron chi connectivity index (χ1n) is 13.3. The highest BCUT2D eigenvalue weighted by Gasteiger charge is 2.33. The van der Waals surface area contributed by atoms with Crippen LogP contribution in [0.5, 0.6) is 0 Å². The number of aliphatic imine (C=N–C) groups is 1. The van der Waals surface area contributed by atoms with Crippen molar-refractivity contribution in [3.63, 3.8) is 0 Å². The van der Waals surface area contributed by atoms with Gasteiger partial charge in [-0.25, -0.2) is 0 Å². The van der Waals surface area contributed by atoms with Gasteiger partial charge in [0.2, 0.25) is 5.82 Å². The number of amides is 1. The third-order valence-electron chi connectivity index (χ3n) is 6.99. The van der Waals surface area contributed by atoms with E-state index in [9.17, 15) is 18.0 Å². The number of rotatable bonds is 7. The Labute approximate surface area is 238 Å². The van der Waals surface area contributed by atoms with E-state index in [0.29, 0.717) is 22.6 Å². The predicted octanol–water partition coefficient (Wildman–Crippen LogP) is 3.15. The molecule has 0 radical (unpaired) electrons. The van der Waals surface area contributed by atoms with Crippen molar-refractivity contribution in [3.05, 3.63) is 75.6 Å². The second kappa shape index (κ2) is 13.6. The summed E-state index contributed by atoms with van der Waals surface area (Å²) in [6.07, 6.45) is -1.45. The van der Waals surface area contributed by atoms with E-state index in [1.807, 2.05) is 12.2 Å². The van der Waals surface area contributed by atoms with Crippen molar-refractivity contribution in [2.24, 2.45) is 16.5 Å². The fourth-order valence-corrected chi connectivity index (χ4v) is 4.59. The molecule has 11 heteroatoms. The van der Waals surface area contributed by atoms with Crippen LogP contribution in [0.3, 0.4) is 0 Å². The molecule has 3 rings (SSSR count). The third-order valence-corrected chi connectivity index (χ3v) is 6.99. The number of alkyl halides is 3. The molecule has 8 nitrogen and oxygen atoms in total. The number of hydrogen-bond donors (Lipinski definition) is 5. The van der Waals surface area contributed by atoms with E-state index in [0.717, 1.165) is 37.6 Å². The Kier molecular flexibility index (Phi) is 10.5. The third kappa shape index (κ3) is 8.50. The maximum absolute atomic E-state index is 13.3. The van der Waals surface area contributed by atoms with Gasteiger partial charge in [-0.3, -0.25) is 15.5 Å².